The molecule has 1 heterocycles. The van der Waals surface area contributed by atoms with Crippen molar-refractivity contribution in [2.24, 2.45) is 0 Å². The molecule has 1 aromatic heterocycles. The van der Waals surface area contributed by atoms with E-state index in [4.69, 9.17) is 4.74 Å². The largest absolute Gasteiger partial charge is 0.489 e. The van der Waals surface area contributed by atoms with Crippen LogP contribution in [-0.2, 0) is 16.4 Å². The quantitative estimate of drug-likeness (QED) is 0.426. The molecule has 4 rings (SSSR count). The number of urea groups is 1. The van der Waals surface area contributed by atoms with Crippen molar-refractivity contribution in [3.05, 3.63) is 83.9 Å². The maximum absolute atomic E-state index is 12.7. The summed E-state index contributed by atoms with van der Waals surface area (Å²) >= 11 is 1.11. The third-order valence-electron chi connectivity index (χ3n) is 4.64. The first-order valence-corrected chi connectivity index (χ1v) is 12.5. The van der Waals surface area contributed by atoms with Gasteiger partial charge in [0.25, 0.3) is 5.91 Å². The van der Waals surface area contributed by atoms with Gasteiger partial charge in [-0.05, 0) is 36.4 Å². The summed E-state index contributed by atoms with van der Waals surface area (Å²) in [6, 6.07) is 19.8. The van der Waals surface area contributed by atoms with Crippen LogP contribution in [-0.4, -0.2) is 31.6 Å². The number of rotatable bonds is 6. The maximum Gasteiger partial charge on any atom is 0.327 e. The van der Waals surface area contributed by atoms with Crippen LogP contribution in [0.1, 0.15) is 15.9 Å². The minimum absolute atomic E-state index is 0.162. The third kappa shape index (κ3) is 5.54. The number of para-hydroxylation sites is 1. The summed E-state index contributed by atoms with van der Waals surface area (Å²) in [6.45, 7) is 0.162. The first-order valence-electron chi connectivity index (χ1n) is 9.78. The minimum Gasteiger partial charge on any atom is -0.489 e. The van der Waals surface area contributed by atoms with Crippen molar-refractivity contribution in [1.29, 1.82) is 0 Å². The Morgan fingerprint density at radius 3 is 2.48 bits per heavy atom. The highest BCUT2D eigenvalue weighted by atomic mass is 32.2. The fraction of sp³-hybridized carbons (Fsp3) is 0.0870. The van der Waals surface area contributed by atoms with Crippen LogP contribution < -0.4 is 15.4 Å². The van der Waals surface area contributed by atoms with E-state index in [1.165, 1.54) is 12.1 Å². The van der Waals surface area contributed by atoms with E-state index >= 15 is 0 Å². The average Bonchev–Trinajstić information content (AvgIpc) is 3.19. The summed E-state index contributed by atoms with van der Waals surface area (Å²) in [7, 11) is -3.36. The number of hydrogen-bond acceptors (Lipinski definition) is 7. The number of aromatic nitrogens is 1. The van der Waals surface area contributed by atoms with E-state index in [9.17, 15) is 18.0 Å². The first-order chi connectivity index (χ1) is 15.8. The molecule has 0 bridgehead atoms. The lowest BCUT2D eigenvalue weighted by Crippen LogP contribution is -2.34. The number of anilines is 1. The SMILES string of the molecule is CS(=O)(=O)c1ccc2nc(NC(=O)NC(=O)c3ccccc3COc3ccccc3)sc2c1. The second kappa shape index (κ2) is 9.39. The highest BCUT2D eigenvalue weighted by molar-refractivity contribution is 7.90. The van der Waals surface area contributed by atoms with Gasteiger partial charge in [-0.25, -0.2) is 18.2 Å². The number of fused-ring (bicyclic) bond motifs is 1. The molecule has 4 aromatic rings. The van der Waals surface area contributed by atoms with Gasteiger partial charge in [-0.1, -0.05) is 47.7 Å². The zero-order valence-electron chi connectivity index (χ0n) is 17.4. The molecule has 2 N–H and O–H groups in total. The molecule has 0 atom stereocenters. The number of thiazole rings is 1. The van der Waals surface area contributed by atoms with E-state index in [2.05, 4.69) is 15.6 Å². The number of carbonyl (C=O) groups is 2. The molecular weight excluding hydrogens is 462 g/mol. The van der Waals surface area contributed by atoms with Crippen LogP contribution in [0.15, 0.2) is 77.7 Å². The summed E-state index contributed by atoms with van der Waals surface area (Å²) in [5, 5.41) is 5.05. The molecule has 0 fully saturated rings. The van der Waals surface area contributed by atoms with Crippen molar-refractivity contribution in [3.63, 3.8) is 0 Å². The smallest absolute Gasteiger partial charge is 0.327 e. The molecule has 0 aliphatic heterocycles. The molecular formula is C23H19N3O5S2. The Morgan fingerprint density at radius 2 is 1.73 bits per heavy atom. The fourth-order valence-corrected chi connectivity index (χ4v) is 4.66. The van der Waals surface area contributed by atoms with E-state index in [0.29, 0.717) is 27.1 Å². The molecule has 10 heteroatoms. The van der Waals surface area contributed by atoms with Crippen LogP contribution in [0, 0.1) is 0 Å². The van der Waals surface area contributed by atoms with Gasteiger partial charge in [-0.15, -0.1) is 0 Å². The van der Waals surface area contributed by atoms with Gasteiger partial charge < -0.3 is 4.74 Å². The molecule has 0 aliphatic carbocycles. The summed E-state index contributed by atoms with van der Waals surface area (Å²) in [4.78, 5) is 29.5. The molecule has 3 aromatic carbocycles. The molecule has 0 aliphatic rings. The Kier molecular flexibility index (Phi) is 6.38. The number of carbonyl (C=O) groups excluding carboxylic acids is 2. The summed E-state index contributed by atoms with van der Waals surface area (Å²) in [5.74, 6) is 0.0838. The van der Waals surface area contributed by atoms with Crippen molar-refractivity contribution >= 4 is 48.5 Å². The van der Waals surface area contributed by atoms with E-state index in [-0.39, 0.29) is 16.6 Å². The normalized spacial score (nSPS) is 11.2. The Labute approximate surface area is 194 Å². The molecule has 0 radical (unpaired) electrons. The second-order valence-electron chi connectivity index (χ2n) is 7.09. The van der Waals surface area contributed by atoms with Crippen LogP contribution in [0.2, 0.25) is 0 Å². The van der Waals surface area contributed by atoms with Gasteiger partial charge in [0.15, 0.2) is 15.0 Å². The second-order valence-corrected chi connectivity index (χ2v) is 10.1. The Balaban J connectivity index is 1.43. The van der Waals surface area contributed by atoms with E-state index < -0.39 is 21.8 Å². The summed E-state index contributed by atoms with van der Waals surface area (Å²) < 4.78 is 29.8. The van der Waals surface area contributed by atoms with Crippen molar-refractivity contribution in [3.8, 4) is 5.75 Å². The fourth-order valence-electron chi connectivity index (χ4n) is 3.03. The molecule has 0 saturated heterocycles. The number of sulfone groups is 1. The number of hydrogen-bond donors (Lipinski definition) is 2. The Bertz CT molecular complexity index is 1430. The molecule has 8 nitrogen and oxygen atoms in total. The van der Waals surface area contributed by atoms with Gasteiger partial charge in [0.05, 0.1) is 15.1 Å². The van der Waals surface area contributed by atoms with Crippen LogP contribution in [0.25, 0.3) is 10.2 Å². The lowest BCUT2D eigenvalue weighted by atomic mass is 10.1. The van der Waals surface area contributed by atoms with Crippen molar-refractivity contribution in [2.75, 3.05) is 11.6 Å². The third-order valence-corrected chi connectivity index (χ3v) is 6.68. The van der Waals surface area contributed by atoms with Gasteiger partial charge in [-0.2, -0.15) is 0 Å². The van der Waals surface area contributed by atoms with Gasteiger partial charge >= 0.3 is 6.03 Å². The lowest BCUT2D eigenvalue weighted by Gasteiger charge is -2.11. The predicted octanol–water partition coefficient (Wildman–Crippen LogP) is 4.24. The average molecular weight is 482 g/mol. The van der Waals surface area contributed by atoms with Crippen molar-refractivity contribution < 1.29 is 22.7 Å². The molecule has 33 heavy (non-hydrogen) atoms. The lowest BCUT2D eigenvalue weighted by molar-refractivity contribution is 0.0964. The Hall–Kier alpha value is -3.76. The standard InChI is InChI=1S/C23H19N3O5S2/c1-33(29,30)17-11-12-19-20(13-17)32-23(24-19)26-22(28)25-21(27)18-10-6-5-7-15(18)14-31-16-8-3-2-4-9-16/h2-13H,14H2,1H3,(H2,24,25,26,27,28). The van der Waals surface area contributed by atoms with Crippen LogP contribution in [0.4, 0.5) is 9.93 Å². The van der Waals surface area contributed by atoms with Gasteiger partial charge in [-0.3, -0.25) is 15.4 Å². The number of nitrogens with zero attached hydrogens (tertiary/aromatic N) is 1. The number of ether oxygens (including phenoxy) is 1. The summed E-state index contributed by atoms with van der Waals surface area (Å²) in [5.41, 5.74) is 1.48. The van der Waals surface area contributed by atoms with Crippen molar-refractivity contribution in [2.45, 2.75) is 11.5 Å². The van der Waals surface area contributed by atoms with E-state index in [0.717, 1.165) is 17.6 Å². The number of amides is 3. The molecule has 0 unspecified atom stereocenters. The number of benzene rings is 3. The summed E-state index contributed by atoms with van der Waals surface area (Å²) in [6.07, 6.45) is 1.12. The van der Waals surface area contributed by atoms with E-state index in [1.807, 2.05) is 30.3 Å². The van der Waals surface area contributed by atoms with Gasteiger partial charge in [0.2, 0.25) is 0 Å². The topological polar surface area (TPSA) is 114 Å². The number of nitrogens with one attached hydrogen (secondary N) is 2. The zero-order valence-corrected chi connectivity index (χ0v) is 19.1. The van der Waals surface area contributed by atoms with Gasteiger partial charge in [0, 0.05) is 17.4 Å². The van der Waals surface area contributed by atoms with Gasteiger partial charge in [0.1, 0.15) is 12.4 Å². The highest BCUT2D eigenvalue weighted by Crippen LogP contribution is 2.28. The van der Waals surface area contributed by atoms with Crippen molar-refractivity contribution in [1.82, 2.24) is 10.3 Å². The predicted molar refractivity (Wildman–Crippen MR) is 126 cm³/mol. The van der Waals surface area contributed by atoms with Crippen LogP contribution >= 0.6 is 11.3 Å². The molecule has 0 saturated carbocycles. The highest BCUT2D eigenvalue weighted by Gasteiger charge is 2.16. The minimum atomic E-state index is -3.36. The molecule has 0 spiro atoms. The molecule has 3 amide bonds. The Morgan fingerprint density at radius 1 is 1.00 bits per heavy atom. The maximum atomic E-state index is 12.7. The van der Waals surface area contributed by atoms with Crippen LogP contribution in [0.5, 0.6) is 5.75 Å². The first kappa shape index (κ1) is 22.4. The van der Waals surface area contributed by atoms with E-state index in [1.54, 1.807) is 30.3 Å². The molecule has 168 valence electrons. The van der Waals surface area contributed by atoms with Crippen LogP contribution in [0.3, 0.4) is 0 Å². The zero-order chi connectivity index (χ0) is 23.4. The monoisotopic (exact) mass is 481 g/mol. The number of imide groups is 1.